The Balaban J connectivity index is 0.00000338. The number of nitrogens with one attached hydrogen (secondary N) is 3. The van der Waals surface area contributed by atoms with Crippen LogP contribution in [0.1, 0.15) is 49.2 Å². The highest BCUT2D eigenvalue weighted by Gasteiger charge is 2.16. The van der Waals surface area contributed by atoms with Gasteiger partial charge in [0.2, 0.25) is 5.91 Å². The summed E-state index contributed by atoms with van der Waals surface area (Å²) in [5, 5.41) is 12.7. The number of aliphatic imine (C=N–C) groups is 1. The summed E-state index contributed by atoms with van der Waals surface area (Å²) in [4.78, 5) is 20.6. The first kappa shape index (κ1) is 23.1. The van der Waals surface area contributed by atoms with E-state index in [2.05, 4.69) is 31.3 Å². The van der Waals surface area contributed by atoms with Crippen molar-refractivity contribution in [1.82, 2.24) is 20.9 Å². The van der Waals surface area contributed by atoms with E-state index in [9.17, 15) is 4.79 Å². The summed E-state index contributed by atoms with van der Waals surface area (Å²) in [6.45, 7) is 4.10. The molecular formula is C18H32IN5OS. The van der Waals surface area contributed by atoms with E-state index >= 15 is 0 Å². The van der Waals surface area contributed by atoms with E-state index in [1.807, 2.05) is 6.92 Å². The second kappa shape index (κ2) is 13.3. The fourth-order valence-corrected chi connectivity index (χ4v) is 3.81. The van der Waals surface area contributed by atoms with Gasteiger partial charge < -0.3 is 16.0 Å². The first-order chi connectivity index (χ1) is 12.2. The Hall–Kier alpha value is -0.900. The highest BCUT2D eigenvalue weighted by atomic mass is 127. The van der Waals surface area contributed by atoms with Gasteiger partial charge in [-0.25, -0.2) is 4.98 Å². The summed E-state index contributed by atoms with van der Waals surface area (Å²) < 4.78 is 0. The lowest BCUT2D eigenvalue weighted by molar-refractivity contribution is -0.122. The van der Waals surface area contributed by atoms with Crippen molar-refractivity contribution in [1.29, 1.82) is 0 Å². The number of halogens is 1. The fraction of sp³-hybridized carbons (Fsp3) is 0.722. The van der Waals surface area contributed by atoms with Crippen molar-refractivity contribution in [2.45, 2.75) is 51.9 Å². The Morgan fingerprint density at radius 1 is 1.19 bits per heavy atom. The number of guanidine groups is 1. The van der Waals surface area contributed by atoms with E-state index in [0.29, 0.717) is 25.4 Å². The van der Waals surface area contributed by atoms with Gasteiger partial charge in [-0.1, -0.05) is 19.3 Å². The van der Waals surface area contributed by atoms with Crippen LogP contribution in [-0.2, 0) is 11.2 Å². The lowest BCUT2D eigenvalue weighted by atomic mass is 9.87. The number of thiazole rings is 1. The average molecular weight is 493 g/mol. The van der Waals surface area contributed by atoms with Crippen molar-refractivity contribution in [2.24, 2.45) is 10.9 Å². The van der Waals surface area contributed by atoms with Gasteiger partial charge in [-0.15, -0.1) is 35.3 Å². The molecular weight excluding hydrogens is 461 g/mol. The first-order valence-electron chi connectivity index (χ1n) is 9.29. The van der Waals surface area contributed by atoms with Crippen LogP contribution in [-0.4, -0.2) is 43.5 Å². The minimum Gasteiger partial charge on any atom is -0.356 e. The minimum absolute atomic E-state index is 0. The number of carbonyl (C=O) groups excluding carboxylic acids is 1. The van der Waals surface area contributed by atoms with Crippen LogP contribution >= 0.6 is 35.3 Å². The molecule has 1 aliphatic carbocycles. The third-order valence-corrected chi connectivity index (χ3v) is 5.32. The van der Waals surface area contributed by atoms with E-state index in [1.54, 1.807) is 18.4 Å². The average Bonchev–Trinajstić information content (AvgIpc) is 3.03. The Labute approximate surface area is 178 Å². The highest BCUT2D eigenvalue weighted by Crippen LogP contribution is 2.25. The lowest BCUT2D eigenvalue weighted by Crippen LogP contribution is -2.42. The molecule has 0 saturated heterocycles. The van der Waals surface area contributed by atoms with Crippen molar-refractivity contribution < 1.29 is 4.79 Å². The van der Waals surface area contributed by atoms with Crippen LogP contribution in [0.25, 0.3) is 0 Å². The van der Waals surface area contributed by atoms with Crippen molar-refractivity contribution in [3.63, 3.8) is 0 Å². The zero-order valence-electron chi connectivity index (χ0n) is 15.8. The fourth-order valence-electron chi connectivity index (χ4n) is 3.16. The van der Waals surface area contributed by atoms with Gasteiger partial charge >= 0.3 is 0 Å². The van der Waals surface area contributed by atoms with Crippen LogP contribution in [0.15, 0.2) is 10.4 Å². The number of aryl methyl sites for hydroxylation is 1. The van der Waals surface area contributed by atoms with Crippen molar-refractivity contribution >= 4 is 47.2 Å². The summed E-state index contributed by atoms with van der Waals surface area (Å²) in [5.41, 5.74) is 1.11. The standard InChI is InChI=1S/C18H31N5OS.HI/c1-14-23-16(13-25-14)8-9-21-18(19-2)22-11-10-20-17(24)12-15-6-4-3-5-7-15;/h13,15H,3-12H2,1-2H3,(H,20,24)(H2,19,21,22);1H. The number of aromatic nitrogens is 1. The minimum atomic E-state index is 0. The molecule has 3 N–H and O–H groups in total. The topological polar surface area (TPSA) is 78.4 Å². The molecule has 2 rings (SSSR count). The summed E-state index contributed by atoms with van der Waals surface area (Å²) in [5.74, 6) is 1.52. The smallest absolute Gasteiger partial charge is 0.220 e. The Bertz CT molecular complexity index is 558. The molecule has 0 spiro atoms. The van der Waals surface area contributed by atoms with Crippen molar-refractivity contribution in [3.05, 3.63) is 16.1 Å². The quantitative estimate of drug-likeness (QED) is 0.225. The van der Waals surface area contributed by atoms with E-state index in [1.165, 1.54) is 32.1 Å². The van der Waals surface area contributed by atoms with Crippen molar-refractivity contribution in [2.75, 3.05) is 26.7 Å². The molecule has 8 heteroatoms. The Morgan fingerprint density at radius 3 is 2.54 bits per heavy atom. The van der Waals surface area contributed by atoms with Crippen molar-refractivity contribution in [3.8, 4) is 0 Å². The van der Waals surface area contributed by atoms with E-state index in [0.717, 1.165) is 29.6 Å². The SMILES string of the molecule is CN=C(NCCNC(=O)CC1CCCCC1)NCCc1csc(C)n1.I. The molecule has 148 valence electrons. The molecule has 0 unspecified atom stereocenters. The van der Waals surface area contributed by atoms with Crippen LogP contribution in [0.3, 0.4) is 0 Å². The molecule has 0 atom stereocenters. The van der Waals surface area contributed by atoms with Gasteiger partial charge in [0.1, 0.15) is 0 Å². The van der Waals surface area contributed by atoms with Gasteiger partial charge in [-0.2, -0.15) is 0 Å². The van der Waals surface area contributed by atoms with E-state index in [-0.39, 0.29) is 29.9 Å². The molecule has 26 heavy (non-hydrogen) atoms. The monoisotopic (exact) mass is 493 g/mol. The number of carbonyl (C=O) groups is 1. The molecule has 0 bridgehead atoms. The maximum Gasteiger partial charge on any atom is 0.220 e. The molecule has 1 fully saturated rings. The van der Waals surface area contributed by atoms with Gasteiger partial charge in [0.15, 0.2) is 5.96 Å². The van der Waals surface area contributed by atoms with Gasteiger partial charge in [0.25, 0.3) is 0 Å². The van der Waals surface area contributed by atoms with E-state index in [4.69, 9.17) is 0 Å². The van der Waals surface area contributed by atoms with Gasteiger partial charge in [-0.3, -0.25) is 9.79 Å². The second-order valence-electron chi connectivity index (χ2n) is 6.59. The number of nitrogens with zero attached hydrogens (tertiary/aromatic N) is 2. The molecule has 1 aromatic heterocycles. The van der Waals surface area contributed by atoms with Crippen LogP contribution in [0.5, 0.6) is 0 Å². The predicted molar refractivity (Wildman–Crippen MR) is 120 cm³/mol. The first-order valence-corrected chi connectivity index (χ1v) is 10.2. The van der Waals surface area contributed by atoms with E-state index < -0.39 is 0 Å². The third kappa shape index (κ3) is 9.16. The summed E-state index contributed by atoms with van der Waals surface area (Å²) in [7, 11) is 1.75. The largest absolute Gasteiger partial charge is 0.356 e. The molecule has 6 nitrogen and oxygen atoms in total. The van der Waals surface area contributed by atoms with Crippen LogP contribution in [0.4, 0.5) is 0 Å². The van der Waals surface area contributed by atoms with Gasteiger partial charge in [-0.05, 0) is 25.7 Å². The van der Waals surface area contributed by atoms with Gasteiger partial charge in [0.05, 0.1) is 10.7 Å². The maximum atomic E-state index is 12.0. The molecule has 0 aromatic carbocycles. The Morgan fingerprint density at radius 2 is 1.88 bits per heavy atom. The molecule has 0 aliphatic heterocycles. The summed E-state index contributed by atoms with van der Waals surface area (Å²) in [6, 6.07) is 0. The van der Waals surface area contributed by atoms with Crippen LogP contribution in [0, 0.1) is 12.8 Å². The number of hydrogen-bond acceptors (Lipinski definition) is 4. The molecule has 1 aromatic rings. The summed E-state index contributed by atoms with van der Waals surface area (Å²) >= 11 is 1.68. The lowest BCUT2D eigenvalue weighted by Gasteiger charge is -2.20. The molecule has 0 radical (unpaired) electrons. The number of amides is 1. The molecule has 1 aliphatic rings. The molecule has 1 saturated carbocycles. The normalized spacial score (nSPS) is 15.2. The summed E-state index contributed by atoms with van der Waals surface area (Å²) in [6.07, 6.45) is 7.87. The number of rotatable bonds is 8. The zero-order valence-corrected chi connectivity index (χ0v) is 19.0. The zero-order chi connectivity index (χ0) is 17.9. The molecule has 1 heterocycles. The van der Waals surface area contributed by atoms with Gasteiger partial charge in [0, 0.05) is 44.9 Å². The van der Waals surface area contributed by atoms with Crippen LogP contribution < -0.4 is 16.0 Å². The Kier molecular flexibility index (Phi) is 11.8. The number of hydrogen-bond donors (Lipinski definition) is 3. The molecule has 1 amide bonds. The second-order valence-corrected chi connectivity index (χ2v) is 7.65. The highest BCUT2D eigenvalue weighted by molar-refractivity contribution is 14.0. The van der Waals surface area contributed by atoms with Crippen LogP contribution in [0.2, 0.25) is 0 Å². The predicted octanol–water partition coefficient (Wildman–Crippen LogP) is 2.86. The maximum absolute atomic E-state index is 12.0. The third-order valence-electron chi connectivity index (χ3n) is 4.50.